The Labute approximate surface area is 154 Å². The van der Waals surface area contributed by atoms with Gasteiger partial charge in [-0.2, -0.15) is 5.10 Å². The number of likely N-dealkylation sites (tertiary alicyclic amines) is 1. The average Bonchev–Trinajstić information content (AvgIpc) is 3.31. The maximum Gasteiger partial charge on any atom is 0.257 e. The highest BCUT2D eigenvalue weighted by Crippen LogP contribution is 2.36. The molecule has 1 amide bonds. The van der Waals surface area contributed by atoms with Crippen molar-refractivity contribution in [1.82, 2.24) is 14.7 Å². The molecule has 26 heavy (non-hydrogen) atoms. The lowest BCUT2D eigenvalue weighted by Gasteiger charge is -2.37. The van der Waals surface area contributed by atoms with E-state index in [2.05, 4.69) is 5.10 Å². The number of benzene rings is 1. The van der Waals surface area contributed by atoms with Crippen LogP contribution < -0.4 is 4.74 Å². The van der Waals surface area contributed by atoms with Crippen molar-refractivity contribution in [2.24, 2.45) is 0 Å². The second-order valence-corrected chi connectivity index (χ2v) is 7.34. The van der Waals surface area contributed by atoms with E-state index >= 15 is 0 Å². The topological polar surface area (TPSA) is 67.6 Å². The predicted molar refractivity (Wildman–Crippen MR) is 99.2 cm³/mol. The molecule has 0 aliphatic carbocycles. The van der Waals surface area contributed by atoms with Crippen LogP contribution in [0.25, 0.3) is 0 Å². The molecule has 1 aromatic heterocycles. The molecular weight excluding hydrogens is 330 g/mol. The fraction of sp³-hybridized carbons (Fsp3) is 0.500. The van der Waals surface area contributed by atoms with E-state index in [-0.39, 0.29) is 18.0 Å². The highest BCUT2D eigenvalue weighted by molar-refractivity contribution is 5.94. The average molecular weight is 357 g/mol. The molecule has 0 radical (unpaired) electrons. The van der Waals surface area contributed by atoms with Crippen molar-refractivity contribution >= 4 is 5.91 Å². The Kier molecular flexibility index (Phi) is 5.05. The molecule has 1 aliphatic rings. The molecule has 2 atom stereocenters. The molecule has 6 heteroatoms. The molecule has 0 bridgehead atoms. The van der Waals surface area contributed by atoms with Gasteiger partial charge in [-0.1, -0.05) is 12.1 Å². The number of amides is 1. The third-order valence-corrected chi connectivity index (χ3v) is 5.21. The maximum absolute atomic E-state index is 13.0. The Bertz CT molecular complexity index is 765. The summed E-state index contributed by atoms with van der Waals surface area (Å²) in [5.41, 5.74) is 0.212. The number of hydrogen-bond acceptors (Lipinski definition) is 4. The minimum atomic E-state index is -1.13. The van der Waals surface area contributed by atoms with Crippen molar-refractivity contribution in [3.05, 3.63) is 47.8 Å². The number of aromatic nitrogens is 2. The first-order chi connectivity index (χ1) is 12.3. The van der Waals surface area contributed by atoms with Gasteiger partial charge in [0.25, 0.3) is 5.91 Å². The molecule has 1 fully saturated rings. The summed E-state index contributed by atoms with van der Waals surface area (Å²) in [5, 5.41) is 15.5. The zero-order valence-electron chi connectivity index (χ0n) is 15.8. The fourth-order valence-corrected chi connectivity index (χ4v) is 3.61. The van der Waals surface area contributed by atoms with Crippen LogP contribution in [0.1, 0.15) is 55.6 Å². The van der Waals surface area contributed by atoms with Crippen molar-refractivity contribution in [1.29, 1.82) is 0 Å². The van der Waals surface area contributed by atoms with Gasteiger partial charge in [0.05, 0.1) is 24.9 Å². The fourth-order valence-electron chi connectivity index (χ4n) is 3.61. The van der Waals surface area contributed by atoms with Crippen LogP contribution in [0, 0.1) is 0 Å². The maximum atomic E-state index is 13.0. The molecule has 1 aromatic carbocycles. The van der Waals surface area contributed by atoms with E-state index < -0.39 is 5.60 Å². The van der Waals surface area contributed by atoms with Crippen LogP contribution in [0.15, 0.2) is 36.7 Å². The second kappa shape index (κ2) is 7.11. The lowest BCUT2D eigenvalue weighted by molar-refractivity contribution is -0.0177. The summed E-state index contributed by atoms with van der Waals surface area (Å²) in [6, 6.07) is 7.31. The Morgan fingerprint density at radius 3 is 2.62 bits per heavy atom. The summed E-state index contributed by atoms with van der Waals surface area (Å²) in [6.45, 7) is 6.47. The third kappa shape index (κ3) is 3.33. The van der Waals surface area contributed by atoms with Gasteiger partial charge in [0.2, 0.25) is 0 Å². The van der Waals surface area contributed by atoms with Gasteiger partial charge in [0.1, 0.15) is 11.4 Å². The Morgan fingerprint density at radius 2 is 2.04 bits per heavy atom. The van der Waals surface area contributed by atoms with Crippen LogP contribution in [-0.2, 0) is 5.60 Å². The van der Waals surface area contributed by atoms with Crippen molar-refractivity contribution in [2.75, 3.05) is 13.7 Å². The first-order valence-electron chi connectivity index (χ1n) is 9.06. The van der Waals surface area contributed by atoms with Gasteiger partial charge < -0.3 is 14.7 Å². The van der Waals surface area contributed by atoms with E-state index in [1.165, 1.54) is 0 Å². The molecule has 0 spiro atoms. The molecular formula is C20H27N3O3. The highest BCUT2D eigenvalue weighted by atomic mass is 16.5. The van der Waals surface area contributed by atoms with Crippen molar-refractivity contribution in [3.8, 4) is 5.75 Å². The van der Waals surface area contributed by atoms with Gasteiger partial charge >= 0.3 is 0 Å². The lowest BCUT2D eigenvalue weighted by atomic mass is 9.86. The normalized spacial score (nSPS) is 19.6. The first kappa shape index (κ1) is 18.5. The van der Waals surface area contributed by atoms with Crippen molar-refractivity contribution < 1.29 is 14.6 Å². The number of methoxy groups -OCH3 is 1. The lowest BCUT2D eigenvalue weighted by Crippen LogP contribution is -2.48. The number of carbonyl (C=O) groups is 1. The van der Waals surface area contributed by atoms with E-state index in [0.29, 0.717) is 12.1 Å². The highest BCUT2D eigenvalue weighted by Gasteiger charge is 2.43. The minimum absolute atomic E-state index is 0.0758. The van der Waals surface area contributed by atoms with Gasteiger partial charge in [0.15, 0.2) is 0 Å². The van der Waals surface area contributed by atoms with Gasteiger partial charge in [-0.15, -0.1) is 0 Å². The van der Waals surface area contributed by atoms with Gasteiger partial charge in [-0.3, -0.25) is 9.48 Å². The predicted octanol–water partition coefficient (Wildman–Crippen LogP) is 2.98. The number of carbonyl (C=O) groups excluding carboxylic acids is 1. The van der Waals surface area contributed by atoms with Crippen molar-refractivity contribution in [3.63, 3.8) is 0 Å². The zero-order valence-corrected chi connectivity index (χ0v) is 15.8. The number of nitrogens with zero attached hydrogens (tertiary/aromatic N) is 3. The van der Waals surface area contributed by atoms with E-state index in [1.54, 1.807) is 36.0 Å². The monoisotopic (exact) mass is 357 g/mol. The second-order valence-electron chi connectivity index (χ2n) is 7.34. The molecule has 1 aliphatic heterocycles. The summed E-state index contributed by atoms with van der Waals surface area (Å²) in [6.07, 6.45) is 5.04. The van der Waals surface area contributed by atoms with E-state index in [0.717, 1.165) is 24.2 Å². The number of aliphatic hydroxyl groups is 1. The molecule has 6 nitrogen and oxygen atoms in total. The minimum Gasteiger partial charge on any atom is -0.497 e. The largest absolute Gasteiger partial charge is 0.497 e. The summed E-state index contributed by atoms with van der Waals surface area (Å²) in [5.74, 6) is 0.665. The summed E-state index contributed by atoms with van der Waals surface area (Å²) in [4.78, 5) is 14.8. The van der Waals surface area contributed by atoms with Crippen LogP contribution in [0.5, 0.6) is 5.75 Å². The van der Waals surface area contributed by atoms with E-state index in [1.807, 2.05) is 38.1 Å². The van der Waals surface area contributed by atoms with Crippen LogP contribution in [-0.4, -0.2) is 45.4 Å². The Balaban J connectivity index is 1.84. The van der Waals surface area contributed by atoms with E-state index in [9.17, 15) is 9.90 Å². The number of hydrogen-bond donors (Lipinski definition) is 1. The third-order valence-electron chi connectivity index (χ3n) is 5.21. The van der Waals surface area contributed by atoms with Gasteiger partial charge in [0, 0.05) is 18.8 Å². The van der Waals surface area contributed by atoms with Crippen LogP contribution in [0.3, 0.4) is 0 Å². The molecule has 2 aromatic rings. The van der Waals surface area contributed by atoms with Crippen LogP contribution in [0.4, 0.5) is 0 Å². The molecule has 1 saturated heterocycles. The molecule has 2 unspecified atom stereocenters. The molecule has 2 heterocycles. The smallest absolute Gasteiger partial charge is 0.257 e. The van der Waals surface area contributed by atoms with Gasteiger partial charge in [-0.25, -0.2) is 0 Å². The van der Waals surface area contributed by atoms with Gasteiger partial charge in [-0.05, 0) is 51.3 Å². The summed E-state index contributed by atoms with van der Waals surface area (Å²) >= 11 is 0. The summed E-state index contributed by atoms with van der Waals surface area (Å²) < 4.78 is 6.97. The van der Waals surface area contributed by atoms with Crippen molar-refractivity contribution in [2.45, 2.75) is 51.3 Å². The quantitative estimate of drug-likeness (QED) is 0.893. The van der Waals surface area contributed by atoms with Crippen LogP contribution >= 0.6 is 0 Å². The molecule has 1 N–H and O–H groups in total. The van der Waals surface area contributed by atoms with E-state index in [4.69, 9.17) is 4.74 Å². The number of rotatable bonds is 5. The SMILES string of the molecule is COc1ccc(C(C)(O)C2CCCN2C(=O)c2cnn(C(C)C)c2)cc1. The Morgan fingerprint density at radius 1 is 1.35 bits per heavy atom. The molecule has 0 saturated carbocycles. The Hall–Kier alpha value is -2.34. The zero-order chi connectivity index (χ0) is 18.9. The molecule has 3 rings (SSSR count). The number of ether oxygens (including phenoxy) is 1. The van der Waals surface area contributed by atoms with Crippen LogP contribution in [0.2, 0.25) is 0 Å². The summed E-state index contributed by atoms with van der Waals surface area (Å²) in [7, 11) is 1.61. The standard InChI is InChI=1S/C20H27N3O3/c1-14(2)23-13-15(12-21-23)19(24)22-11-5-6-18(22)20(3,25)16-7-9-17(26-4)10-8-16/h7-10,12-14,18,25H,5-6,11H2,1-4H3. The molecule has 140 valence electrons. The first-order valence-corrected chi connectivity index (χ1v) is 9.06.